The Hall–Kier alpha value is -1.56. The number of hydrogen-bond acceptors (Lipinski definition) is 5. The minimum absolute atomic E-state index is 0.893. The number of thiocarbonyl (C=S) groups is 1. The highest BCUT2D eigenvalue weighted by Gasteiger charge is 2.17. The summed E-state index contributed by atoms with van der Waals surface area (Å²) in [5.41, 5.74) is 2.38. The van der Waals surface area contributed by atoms with E-state index in [2.05, 4.69) is 65.8 Å². The van der Waals surface area contributed by atoms with E-state index in [1.807, 2.05) is 0 Å². The first-order valence-corrected chi connectivity index (χ1v) is 11.6. The molecule has 1 aliphatic heterocycles. The zero-order chi connectivity index (χ0) is 20.6. The zero-order valence-electron chi connectivity index (χ0n) is 18.4. The molecule has 0 atom stereocenters. The summed E-state index contributed by atoms with van der Waals surface area (Å²) in [7, 11) is 0. The molecule has 0 saturated carbocycles. The van der Waals surface area contributed by atoms with Crippen molar-refractivity contribution in [2.45, 2.75) is 40.0 Å². The summed E-state index contributed by atoms with van der Waals surface area (Å²) in [4.78, 5) is 13.5. The third-order valence-electron chi connectivity index (χ3n) is 6.11. The van der Waals surface area contributed by atoms with Crippen LogP contribution in [0.2, 0.25) is 0 Å². The lowest BCUT2D eigenvalue weighted by molar-refractivity contribution is 0.270. The van der Waals surface area contributed by atoms with Gasteiger partial charge in [0.25, 0.3) is 0 Å². The molecular weight excluding hydrogens is 376 g/mol. The van der Waals surface area contributed by atoms with Crippen molar-refractivity contribution in [1.82, 2.24) is 14.8 Å². The first-order chi connectivity index (χ1) is 14.1. The molecule has 1 saturated heterocycles. The van der Waals surface area contributed by atoms with Crippen molar-refractivity contribution in [3.63, 3.8) is 0 Å². The highest BCUT2D eigenvalue weighted by atomic mass is 32.1. The lowest BCUT2D eigenvalue weighted by Crippen LogP contribution is -2.46. The lowest BCUT2D eigenvalue weighted by atomic mass is 10.0. The molecule has 0 unspecified atom stereocenters. The van der Waals surface area contributed by atoms with Crippen molar-refractivity contribution in [2.24, 2.45) is 0 Å². The van der Waals surface area contributed by atoms with Crippen molar-refractivity contribution in [1.29, 1.82) is 0 Å². The van der Waals surface area contributed by atoms with Crippen molar-refractivity contribution in [3.05, 3.63) is 35.9 Å². The van der Waals surface area contributed by atoms with Gasteiger partial charge in [-0.25, -0.2) is 4.98 Å². The van der Waals surface area contributed by atoms with Gasteiger partial charge in [0.15, 0.2) is 0 Å². The van der Waals surface area contributed by atoms with Crippen LogP contribution >= 0.6 is 12.2 Å². The second-order valence-electron chi connectivity index (χ2n) is 7.96. The summed E-state index contributed by atoms with van der Waals surface area (Å²) in [5, 5.41) is 1.21. The molecule has 4 nitrogen and oxygen atoms in total. The molecule has 1 aliphatic rings. The number of nitrogens with zero attached hydrogens (tertiary/aromatic N) is 4. The number of benzene rings is 1. The van der Waals surface area contributed by atoms with Gasteiger partial charge in [0.05, 0.1) is 5.52 Å². The van der Waals surface area contributed by atoms with Gasteiger partial charge >= 0.3 is 0 Å². The molecule has 1 aromatic heterocycles. The number of piperazine rings is 1. The molecular formula is C24H36N4S. The number of likely N-dealkylation sites (N-methyl/N-ethyl adjacent to an activating group) is 1. The summed E-state index contributed by atoms with van der Waals surface area (Å²) < 4.78 is 0. The van der Waals surface area contributed by atoms with Crippen LogP contribution in [0.4, 0.5) is 5.82 Å². The van der Waals surface area contributed by atoms with Gasteiger partial charge in [-0.1, -0.05) is 39.1 Å². The molecule has 2 aromatic rings. The third kappa shape index (κ3) is 6.21. The highest BCUT2D eigenvalue weighted by Crippen LogP contribution is 2.21. The van der Waals surface area contributed by atoms with Crippen LogP contribution in [0.5, 0.6) is 0 Å². The van der Waals surface area contributed by atoms with Gasteiger partial charge in [-0.15, -0.1) is 0 Å². The van der Waals surface area contributed by atoms with E-state index in [9.17, 15) is 0 Å². The summed E-state index contributed by atoms with van der Waals surface area (Å²) in [6.45, 7) is 15.6. The molecule has 1 fully saturated rings. The Morgan fingerprint density at radius 1 is 1.03 bits per heavy atom. The van der Waals surface area contributed by atoms with Gasteiger partial charge < -0.3 is 14.7 Å². The molecule has 1 aromatic carbocycles. The second kappa shape index (κ2) is 11.0. The van der Waals surface area contributed by atoms with Crippen LogP contribution in [-0.4, -0.2) is 72.0 Å². The molecule has 0 aliphatic carbocycles. The fourth-order valence-electron chi connectivity index (χ4n) is 4.10. The van der Waals surface area contributed by atoms with E-state index in [0.29, 0.717) is 0 Å². The topological polar surface area (TPSA) is 22.6 Å². The molecule has 0 N–H and O–H groups in total. The Morgan fingerprint density at radius 2 is 1.79 bits per heavy atom. The van der Waals surface area contributed by atoms with Crippen LogP contribution < -0.4 is 4.90 Å². The number of hydrogen-bond donors (Lipinski definition) is 0. The monoisotopic (exact) mass is 412 g/mol. The molecule has 0 amide bonds. The van der Waals surface area contributed by atoms with E-state index in [0.717, 1.165) is 87.8 Å². The van der Waals surface area contributed by atoms with Crippen molar-refractivity contribution in [2.75, 3.05) is 57.3 Å². The van der Waals surface area contributed by atoms with Gasteiger partial charge in [-0.3, -0.25) is 0 Å². The van der Waals surface area contributed by atoms with E-state index in [4.69, 9.17) is 17.2 Å². The molecule has 158 valence electrons. The molecule has 2 heterocycles. The van der Waals surface area contributed by atoms with Gasteiger partial charge in [0.1, 0.15) is 5.82 Å². The lowest BCUT2D eigenvalue weighted by Gasteiger charge is -2.34. The number of pyridine rings is 1. The predicted molar refractivity (Wildman–Crippen MR) is 129 cm³/mol. The largest absolute Gasteiger partial charge is 0.354 e. The van der Waals surface area contributed by atoms with Gasteiger partial charge in [0.2, 0.25) is 0 Å². The van der Waals surface area contributed by atoms with E-state index in [1.165, 1.54) is 10.9 Å². The van der Waals surface area contributed by atoms with Crippen LogP contribution in [0.1, 0.15) is 39.2 Å². The van der Waals surface area contributed by atoms with E-state index >= 15 is 0 Å². The van der Waals surface area contributed by atoms with E-state index < -0.39 is 0 Å². The molecule has 0 bridgehead atoms. The average Bonchev–Trinajstić information content (AvgIpc) is 2.76. The number of anilines is 1. The van der Waals surface area contributed by atoms with Crippen LogP contribution in [0.3, 0.4) is 0 Å². The molecule has 3 rings (SSSR count). The first kappa shape index (κ1) is 22.1. The summed E-state index contributed by atoms with van der Waals surface area (Å²) in [5.74, 6) is 1.10. The Kier molecular flexibility index (Phi) is 8.40. The van der Waals surface area contributed by atoms with Crippen molar-refractivity contribution in [3.8, 4) is 0 Å². The van der Waals surface area contributed by atoms with Crippen molar-refractivity contribution < 1.29 is 0 Å². The Morgan fingerprint density at radius 3 is 2.48 bits per heavy atom. The normalized spacial score (nSPS) is 15.4. The van der Waals surface area contributed by atoms with Crippen LogP contribution in [0.25, 0.3) is 10.9 Å². The Balaban J connectivity index is 1.57. The molecule has 5 heteroatoms. The summed E-state index contributed by atoms with van der Waals surface area (Å²) >= 11 is 5.66. The fraction of sp³-hybridized carbons (Fsp3) is 0.583. The number of rotatable bonds is 10. The van der Waals surface area contributed by atoms with Gasteiger partial charge in [0, 0.05) is 38.0 Å². The molecule has 29 heavy (non-hydrogen) atoms. The maximum absolute atomic E-state index is 5.66. The first-order valence-electron chi connectivity index (χ1n) is 11.2. The quantitative estimate of drug-likeness (QED) is 0.538. The Bertz CT molecular complexity index is 795. The maximum atomic E-state index is 5.66. The molecule has 0 spiro atoms. The van der Waals surface area contributed by atoms with Crippen molar-refractivity contribution >= 4 is 33.8 Å². The second-order valence-corrected chi connectivity index (χ2v) is 8.54. The maximum Gasteiger partial charge on any atom is 0.129 e. The Labute approximate surface area is 181 Å². The highest BCUT2D eigenvalue weighted by molar-refractivity contribution is 7.80. The summed E-state index contributed by atoms with van der Waals surface area (Å²) in [6, 6.07) is 11.0. The zero-order valence-corrected chi connectivity index (χ0v) is 19.2. The smallest absolute Gasteiger partial charge is 0.129 e. The summed E-state index contributed by atoms with van der Waals surface area (Å²) in [6.07, 6.45) is 3.08. The fourth-order valence-corrected chi connectivity index (χ4v) is 4.41. The SMILES string of the molecule is CCN(CC)CCCC(=S)Cc1ccc2nc(N3CCN(CC)CC3)ccc2c1. The van der Waals surface area contributed by atoms with E-state index in [-0.39, 0.29) is 0 Å². The number of fused-ring (bicyclic) bond motifs is 1. The predicted octanol–water partition coefficient (Wildman–Crippen LogP) is 4.41. The van der Waals surface area contributed by atoms with Crippen LogP contribution in [0, 0.1) is 0 Å². The minimum Gasteiger partial charge on any atom is -0.354 e. The minimum atomic E-state index is 0.893. The van der Waals surface area contributed by atoms with Gasteiger partial charge in [-0.2, -0.15) is 0 Å². The third-order valence-corrected chi connectivity index (χ3v) is 6.46. The van der Waals surface area contributed by atoms with Crippen LogP contribution in [-0.2, 0) is 6.42 Å². The standard InChI is InChI=1S/C24H36N4S/c1-4-26(5-2)13-7-8-22(29)19-20-9-11-23-21(18-20)10-12-24(25-23)28-16-14-27(6-3)15-17-28/h9-12,18H,4-8,13-17,19H2,1-3H3. The van der Waals surface area contributed by atoms with Crippen LogP contribution in [0.15, 0.2) is 30.3 Å². The number of aromatic nitrogens is 1. The molecule has 0 radical (unpaired) electrons. The van der Waals surface area contributed by atoms with E-state index in [1.54, 1.807) is 0 Å². The average molecular weight is 413 g/mol. The van der Waals surface area contributed by atoms with Gasteiger partial charge in [-0.05, 0) is 73.7 Å².